The third-order valence-corrected chi connectivity index (χ3v) is 6.52. The van der Waals surface area contributed by atoms with Gasteiger partial charge in [0.15, 0.2) is 0 Å². The van der Waals surface area contributed by atoms with Crippen molar-refractivity contribution in [2.75, 3.05) is 25.6 Å². The first-order chi connectivity index (χ1) is 16.5. The number of nitrogens with zero attached hydrogens (tertiary/aromatic N) is 4. The quantitative estimate of drug-likeness (QED) is 0.504. The molecule has 34 heavy (non-hydrogen) atoms. The summed E-state index contributed by atoms with van der Waals surface area (Å²) in [7, 11) is 3.68. The number of para-hydroxylation sites is 1. The minimum absolute atomic E-state index is 0.0119. The number of benzene rings is 3. The van der Waals surface area contributed by atoms with E-state index in [1.165, 1.54) is 0 Å². The summed E-state index contributed by atoms with van der Waals surface area (Å²) < 4.78 is 0. The van der Waals surface area contributed by atoms with E-state index in [0.717, 1.165) is 25.1 Å². The summed E-state index contributed by atoms with van der Waals surface area (Å²) in [5.74, 6) is -0.0573. The summed E-state index contributed by atoms with van der Waals surface area (Å²) in [4.78, 5) is 26.3. The summed E-state index contributed by atoms with van der Waals surface area (Å²) in [5, 5.41) is 7.72. The first-order valence-electron chi connectivity index (χ1n) is 11.7. The largest absolute Gasteiger partial charge is 0.280 e. The predicted octanol–water partition coefficient (Wildman–Crippen LogP) is 4.72. The zero-order chi connectivity index (χ0) is 24.1. The summed E-state index contributed by atoms with van der Waals surface area (Å²) in [6, 6.07) is 29.0. The molecule has 1 heterocycles. The Balaban J connectivity index is 1.53. The van der Waals surface area contributed by atoms with Crippen LogP contribution in [0.1, 0.15) is 40.5 Å². The van der Waals surface area contributed by atoms with Gasteiger partial charge in [-0.25, -0.2) is 5.01 Å². The topological polar surface area (TPSA) is 47.1 Å². The molecule has 2 atom stereocenters. The molecule has 3 aromatic rings. The maximum atomic E-state index is 13.3. The van der Waals surface area contributed by atoms with Gasteiger partial charge in [-0.2, -0.15) is 0 Å². The lowest BCUT2D eigenvalue weighted by molar-refractivity contribution is -0.0398. The average Bonchev–Trinajstić information content (AvgIpc) is 2.89. The SMILES string of the molecule is CC1C[C@H](N(c2ccccc2)N(C)C(=O)c2ccccc2)CCN1N(C)C(=O)c1ccccc1. The number of hydrogen-bond donors (Lipinski definition) is 0. The Bertz CT molecular complexity index is 1090. The Morgan fingerprint density at radius 2 is 1.26 bits per heavy atom. The van der Waals surface area contributed by atoms with Gasteiger partial charge in [0, 0.05) is 37.8 Å². The Morgan fingerprint density at radius 3 is 1.79 bits per heavy atom. The Kier molecular flexibility index (Phi) is 7.28. The highest BCUT2D eigenvalue weighted by molar-refractivity contribution is 5.95. The summed E-state index contributed by atoms with van der Waals surface area (Å²) >= 11 is 0. The fraction of sp³-hybridized carbons (Fsp3) is 0.286. The van der Waals surface area contributed by atoms with Gasteiger partial charge in [0.1, 0.15) is 0 Å². The second-order valence-electron chi connectivity index (χ2n) is 8.76. The lowest BCUT2D eigenvalue weighted by Crippen LogP contribution is -2.59. The smallest absolute Gasteiger partial charge is 0.272 e. The van der Waals surface area contributed by atoms with Gasteiger partial charge < -0.3 is 0 Å². The molecule has 1 saturated heterocycles. The predicted molar refractivity (Wildman–Crippen MR) is 135 cm³/mol. The van der Waals surface area contributed by atoms with E-state index in [-0.39, 0.29) is 23.9 Å². The van der Waals surface area contributed by atoms with E-state index in [0.29, 0.717) is 11.1 Å². The lowest BCUT2D eigenvalue weighted by Gasteiger charge is -2.48. The molecule has 0 spiro atoms. The molecule has 176 valence electrons. The van der Waals surface area contributed by atoms with Gasteiger partial charge in [-0.1, -0.05) is 54.6 Å². The van der Waals surface area contributed by atoms with Crippen molar-refractivity contribution in [3.05, 3.63) is 102 Å². The van der Waals surface area contributed by atoms with Crippen molar-refractivity contribution < 1.29 is 9.59 Å². The highest BCUT2D eigenvalue weighted by atomic mass is 16.2. The van der Waals surface area contributed by atoms with E-state index in [2.05, 4.69) is 16.9 Å². The van der Waals surface area contributed by atoms with Crippen LogP contribution in [0.5, 0.6) is 0 Å². The molecule has 1 aliphatic rings. The number of piperidine rings is 1. The van der Waals surface area contributed by atoms with Gasteiger partial charge in [-0.05, 0) is 56.2 Å². The number of amides is 2. The fourth-order valence-electron chi connectivity index (χ4n) is 4.76. The first kappa shape index (κ1) is 23.5. The summed E-state index contributed by atoms with van der Waals surface area (Å²) in [6.45, 7) is 2.86. The molecule has 0 radical (unpaired) electrons. The maximum absolute atomic E-state index is 13.3. The Hall–Kier alpha value is -3.64. The molecule has 3 aromatic carbocycles. The van der Waals surface area contributed by atoms with Gasteiger partial charge >= 0.3 is 0 Å². The molecule has 0 N–H and O–H groups in total. The third kappa shape index (κ3) is 4.97. The van der Waals surface area contributed by atoms with Gasteiger partial charge in [0.2, 0.25) is 0 Å². The van der Waals surface area contributed by atoms with Gasteiger partial charge in [0.25, 0.3) is 11.8 Å². The number of hydrogen-bond acceptors (Lipinski definition) is 4. The van der Waals surface area contributed by atoms with E-state index in [1.54, 1.807) is 10.0 Å². The molecule has 6 heteroatoms. The summed E-state index contributed by atoms with van der Waals surface area (Å²) in [6.07, 6.45) is 1.63. The molecule has 1 aliphatic heterocycles. The van der Waals surface area contributed by atoms with E-state index in [1.807, 2.05) is 105 Å². The van der Waals surface area contributed by atoms with Crippen LogP contribution in [0.3, 0.4) is 0 Å². The van der Waals surface area contributed by atoms with Crippen LogP contribution in [0.2, 0.25) is 0 Å². The molecule has 2 amide bonds. The van der Waals surface area contributed by atoms with Crippen molar-refractivity contribution in [2.45, 2.75) is 31.8 Å². The van der Waals surface area contributed by atoms with E-state index < -0.39 is 0 Å². The van der Waals surface area contributed by atoms with Crippen molar-refractivity contribution in [2.24, 2.45) is 0 Å². The minimum Gasteiger partial charge on any atom is -0.280 e. The standard InChI is InChI=1S/C28H32N4O2/c1-22-21-26(19-20-31(22)29(2)27(33)23-13-7-4-8-14-23)32(25-17-11-6-12-18-25)30(3)28(34)24-15-9-5-10-16-24/h4-18,22,26H,19-21H2,1-3H3/t22?,26-/m1/s1. The normalized spacial score (nSPS) is 18.2. The number of carbonyl (C=O) groups excluding carboxylic acids is 2. The third-order valence-electron chi connectivity index (χ3n) is 6.52. The van der Waals surface area contributed by atoms with Crippen LogP contribution in [-0.4, -0.2) is 59.6 Å². The van der Waals surface area contributed by atoms with Crippen LogP contribution in [0.15, 0.2) is 91.0 Å². The second-order valence-corrected chi connectivity index (χ2v) is 8.76. The van der Waals surface area contributed by atoms with Gasteiger partial charge in [-0.3, -0.25) is 24.6 Å². The summed E-state index contributed by atoms with van der Waals surface area (Å²) in [5.41, 5.74) is 2.32. The van der Waals surface area contributed by atoms with Crippen LogP contribution >= 0.6 is 0 Å². The van der Waals surface area contributed by atoms with Crippen molar-refractivity contribution in [3.63, 3.8) is 0 Å². The van der Waals surface area contributed by atoms with Crippen LogP contribution in [0, 0.1) is 0 Å². The molecule has 0 aliphatic carbocycles. The molecule has 0 aromatic heterocycles. The highest BCUT2D eigenvalue weighted by Gasteiger charge is 2.35. The lowest BCUT2D eigenvalue weighted by atomic mass is 9.98. The molecule has 0 saturated carbocycles. The molecule has 4 rings (SSSR count). The zero-order valence-electron chi connectivity index (χ0n) is 20.0. The fourth-order valence-corrected chi connectivity index (χ4v) is 4.76. The van der Waals surface area contributed by atoms with Crippen LogP contribution < -0.4 is 5.01 Å². The molecule has 6 nitrogen and oxygen atoms in total. The zero-order valence-corrected chi connectivity index (χ0v) is 20.0. The van der Waals surface area contributed by atoms with Gasteiger partial charge in [-0.15, -0.1) is 0 Å². The number of hydrazine groups is 2. The number of anilines is 1. The number of rotatable bonds is 6. The van der Waals surface area contributed by atoms with E-state index in [4.69, 9.17) is 0 Å². The Morgan fingerprint density at radius 1 is 0.765 bits per heavy atom. The molecule has 1 fully saturated rings. The van der Waals surface area contributed by atoms with E-state index >= 15 is 0 Å². The average molecular weight is 457 g/mol. The van der Waals surface area contributed by atoms with Crippen molar-refractivity contribution >= 4 is 17.5 Å². The van der Waals surface area contributed by atoms with Crippen molar-refractivity contribution in [1.29, 1.82) is 0 Å². The molecule has 0 bridgehead atoms. The van der Waals surface area contributed by atoms with Crippen LogP contribution in [-0.2, 0) is 0 Å². The molecular weight excluding hydrogens is 424 g/mol. The first-order valence-corrected chi connectivity index (χ1v) is 11.7. The van der Waals surface area contributed by atoms with Gasteiger partial charge in [0.05, 0.1) is 11.7 Å². The maximum Gasteiger partial charge on any atom is 0.272 e. The van der Waals surface area contributed by atoms with Crippen LogP contribution in [0.4, 0.5) is 5.69 Å². The monoisotopic (exact) mass is 456 g/mol. The Labute approximate surface area is 201 Å². The van der Waals surface area contributed by atoms with Crippen LogP contribution in [0.25, 0.3) is 0 Å². The van der Waals surface area contributed by atoms with Crippen molar-refractivity contribution in [3.8, 4) is 0 Å². The second kappa shape index (κ2) is 10.5. The number of carbonyl (C=O) groups is 2. The van der Waals surface area contributed by atoms with E-state index in [9.17, 15) is 9.59 Å². The highest BCUT2D eigenvalue weighted by Crippen LogP contribution is 2.29. The molecule has 1 unspecified atom stereocenters. The van der Waals surface area contributed by atoms with Crippen molar-refractivity contribution in [1.82, 2.24) is 15.0 Å². The minimum atomic E-state index is -0.0455. The molecular formula is C28H32N4O2.